The minimum Gasteiger partial charge on any atom is -0.444 e. The van der Waals surface area contributed by atoms with Gasteiger partial charge in [0, 0.05) is 44.2 Å². The molecule has 2 saturated heterocycles. The number of carbonyl (C=O) groups excluding carboxylic acids is 2. The van der Waals surface area contributed by atoms with Crippen molar-refractivity contribution >= 4 is 17.7 Å². The molecule has 3 heterocycles. The number of amides is 2. The normalized spacial score (nSPS) is 16.6. The number of hydrogen-bond acceptors (Lipinski definition) is 7. The zero-order valence-corrected chi connectivity index (χ0v) is 22.5. The number of rotatable bonds is 6. The molecular formula is C27H36FN5O4. The van der Waals surface area contributed by atoms with E-state index in [2.05, 4.69) is 15.1 Å². The first-order valence-electron chi connectivity index (χ1n) is 12.7. The highest BCUT2D eigenvalue weighted by molar-refractivity contribution is 5.97. The van der Waals surface area contributed by atoms with Crippen molar-refractivity contribution in [3.05, 3.63) is 41.8 Å². The van der Waals surface area contributed by atoms with Crippen molar-refractivity contribution in [1.82, 2.24) is 20.0 Å². The Morgan fingerprint density at radius 3 is 2.57 bits per heavy atom. The number of halogens is 1. The van der Waals surface area contributed by atoms with Crippen LogP contribution in [0.2, 0.25) is 0 Å². The summed E-state index contributed by atoms with van der Waals surface area (Å²) in [5.41, 5.74) is 0.326. The molecule has 2 aliphatic rings. The van der Waals surface area contributed by atoms with E-state index in [0.717, 1.165) is 25.2 Å². The predicted octanol–water partition coefficient (Wildman–Crippen LogP) is 4.73. The summed E-state index contributed by atoms with van der Waals surface area (Å²) >= 11 is 0. The Labute approximate surface area is 217 Å². The zero-order valence-electron chi connectivity index (χ0n) is 22.5. The van der Waals surface area contributed by atoms with Gasteiger partial charge in [-0.25, -0.2) is 9.18 Å². The summed E-state index contributed by atoms with van der Waals surface area (Å²) in [6.07, 6.45) is 2.21. The molecule has 4 rings (SSSR count). The molecule has 2 aromatic rings. The van der Waals surface area contributed by atoms with Crippen molar-refractivity contribution in [3.8, 4) is 11.6 Å². The van der Waals surface area contributed by atoms with E-state index in [1.807, 2.05) is 47.6 Å². The number of ether oxygens (including phenoxy) is 2. The lowest BCUT2D eigenvalue weighted by molar-refractivity contribution is -0.0266. The molecule has 0 radical (unpaired) electrons. The van der Waals surface area contributed by atoms with Gasteiger partial charge in [-0.2, -0.15) is 5.10 Å². The van der Waals surface area contributed by atoms with Gasteiger partial charge in [0.15, 0.2) is 0 Å². The lowest BCUT2D eigenvalue weighted by atomic mass is 9.79. The van der Waals surface area contributed by atoms with Gasteiger partial charge >= 0.3 is 6.09 Å². The molecule has 10 heteroatoms. The van der Waals surface area contributed by atoms with Crippen LogP contribution in [0.4, 0.5) is 14.9 Å². The van der Waals surface area contributed by atoms with Crippen LogP contribution in [0.25, 0.3) is 0 Å². The van der Waals surface area contributed by atoms with E-state index >= 15 is 0 Å². The fourth-order valence-electron chi connectivity index (χ4n) is 5.00. The van der Waals surface area contributed by atoms with Gasteiger partial charge in [0.1, 0.15) is 22.9 Å². The van der Waals surface area contributed by atoms with Crippen molar-refractivity contribution in [2.24, 2.45) is 5.41 Å². The van der Waals surface area contributed by atoms with Gasteiger partial charge < -0.3 is 24.2 Å². The van der Waals surface area contributed by atoms with Crippen LogP contribution in [-0.2, 0) is 4.74 Å². The second-order valence-electron chi connectivity index (χ2n) is 11.2. The largest absolute Gasteiger partial charge is 0.444 e. The smallest absolute Gasteiger partial charge is 0.410 e. The number of benzene rings is 1. The highest BCUT2D eigenvalue weighted by Crippen LogP contribution is 2.43. The molecule has 0 unspecified atom stereocenters. The van der Waals surface area contributed by atoms with Crippen molar-refractivity contribution in [2.45, 2.75) is 59.6 Å². The fraction of sp³-hybridized carbons (Fsp3) is 0.556. The van der Waals surface area contributed by atoms with Gasteiger partial charge in [0.2, 0.25) is 0 Å². The quantitative estimate of drug-likeness (QED) is 0.552. The lowest BCUT2D eigenvalue weighted by Crippen LogP contribution is -2.60. The van der Waals surface area contributed by atoms with E-state index in [9.17, 15) is 14.0 Å². The van der Waals surface area contributed by atoms with Crippen LogP contribution >= 0.6 is 0 Å². The Morgan fingerprint density at radius 2 is 1.92 bits per heavy atom. The number of aromatic nitrogens is 2. The standard InChI is InChI=1S/C27H36FN5O4/c1-7-33(18(2)3)24(34)20-14-19(28)8-9-22(20)36-23-21(10-12-29-30-23)31-13-11-27(15-31)16-32(17-27)25(35)37-26(4,5)6/h8-10,12,14,18H,7,11,13,15-17H2,1-6H3. The number of nitrogens with zero attached hydrogens (tertiary/aromatic N) is 5. The molecule has 1 aromatic heterocycles. The molecule has 0 aliphatic carbocycles. The molecule has 37 heavy (non-hydrogen) atoms. The Bertz CT molecular complexity index is 1160. The Hall–Kier alpha value is -3.43. The molecule has 200 valence electrons. The van der Waals surface area contributed by atoms with Gasteiger partial charge in [-0.3, -0.25) is 4.79 Å². The molecule has 1 spiro atoms. The zero-order chi connectivity index (χ0) is 27.0. The molecule has 2 aliphatic heterocycles. The maximum Gasteiger partial charge on any atom is 0.410 e. The Balaban J connectivity index is 1.51. The third-order valence-corrected chi connectivity index (χ3v) is 6.75. The van der Waals surface area contributed by atoms with Crippen LogP contribution in [0, 0.1) is 11.2 Å². The van der Waals surface area contributed by atoms with Gasteiger partial charge in [-0.05, 0) is 72.2 Å². The van der Waals surface area contributed by atoms with Gasteiger partial charge in [-0.1, -0.05) is 0 Å². The van der Waals surface area contributed by atoms with E-state index in [4.69, 9.17) is 9.47 Å². The summed E-state index contributed by atoms with van der Waals surface area (Å²) in [6, 6.07) is 5.68. The van der Waals surface area contributed by atoms with Gasteiger partial charge in [-0.15, -0.1) is 5.10 Å². The number of likely N-dealkylation sites (tertiary alicyclic amines) is 1. The SMILES string of the molecule is CCN(C(=O)c1cc(F)ccc1Oc1nnccc1N1CCC2(CN(C(=O)OC(C)(C)C)C2)C1)C(C)C. The lowest BCUT2D eigenvalue weighted by Gasteiger charge is -2.47. The summed E-state index contributed by atoms with van der Waals surface area (Å²) in [6.45, 7) is 14.5. The molecule has 2 amide bonds. The molecule has 9 nitrogen and oxygen atoms in total. The van der Waals surface area contributed by atoms with E-state index < -0.39 is 11.4 Å². The minimum atomic E-state index is -0.527. The third kappa shape index (κ3) is 5.78. The van der Waals surface area contributed by atoms with Crippen LogP contribution in [-0.4, -0.2) is 76.4 Å². The van der Waals surface area contributed by atoms with Crippen molar-refractivity contribution in [2.75, 3.05) is 37.6 Å². The van der Waals surface area contributed by atoms with E-state index in [1.165, 1.54) is 18.2 Å². The maximum atomic E-state index is 14.2. The van der Waals surface area contributed by atoms with Crippen molar-refractivity contribution in [3.63, 3.8) is 0 Å². The second-order valence-corrected chi connectivity index (χ2v) is 11.2. The van der Waals surface area contributed by atoms with E-state index in [-0.39, 0.29) is 40.7 Å². The highest BCUT2D eigenvalue weighted by atomic mass is 19.1. The summed E-state index contributed by atoms with van der Waals surface area (Å²) in [5.74, 6) is -0.359. The van der Waals surface area contributed by atoms with E-state index in [1.54, 1.807) is 16.0 Å². The monoisotopic (exact) mass is 513 g/mol. The second kappa shape index (κ2) is 10.1. The molecule has 0 bridgehead atoms. The maximum absolute atomic E-state index is 14.2. The number of carbonyl (C=O) groups is 2. The van der Waals surface area contributed by atoms with Crippen LogP contribution in [0.1, 0.15) is 58.3 Å². The van der Waals surface area contributed by atoms with Crippen molar-refractivity contribution in [1.29, 1.82) is 0 Å². The van der Waals surface area contributed by atoms with Crippen LogP contribution in [0.5, 0.6) is 11.6 Å². The number of hydrogen-bond donors (Lipinski definition) is 0. The molecule has 2 fully saturated rings. The summed E-state index contributed by atoms with van der Waals surface area (Å²) in [7, 11) is 0. The predicted molar refractivity (Wildman–Crippen MR) is 137 cm³/mol. The first-order chi connectivity index (χ1) is 17.4. The molecule has 0 N–H and O–H groups in total. The van der Waals surface area contributed by atoms with Crippen LogP contribution in [0.15, 0.2) is 30.5 Å². The molecule has 0 saturated carbocycles. The first kappa shape index (κ1) is 26.6. The summed E-state index contributed by atoms with van der Waals surface area (Å²) in [4.78, 5) is 31.2. The molecule has 1 aromatic carbocycles. The summed E-state index contributed by atoms with van der Waals surface area (Å²) < 4.78 is 25.8. The topological polar surface area (TPSA) is 88.1 Å². The van der Waals surface area contributed by atoms with Gasteiger partial charge in [0.25, 0.3) is 11.8 Å². The van der Waals surface area contributed by atoms with E-state index in [0.29, 0.717) is 19.6 Å². The average molecular weight is 514 g/mol. The number of anilines is 1. The Kier molecular flexibility index (Phi) is 7.30. The molecular weight excluding hydrogens is 477 g/mol. The fourth-order valence-corrected chi connectivity index (χ4v) is 5.00. The third-order valence-electron chi connectivity index (χ3n) is 6.75. The van der Waals surface area contributed by atoms with Crippen LogP contribution in [0.3, 0.4) is 0 Å². The van der Waals surface area contributed by atoms with Gasteiger partial charge in [0.05, 0.1) is 11.8 Å². The summed E-state index contributed by atoms with van der Waals surface area (Å²) in [5, 5.41) is 8.18. The highest BCUT2D eigenvalue weighted by Gasteiger charge is 2.50. The van der Waals surface area contributed by atoms with Crippen molar-refractivity contribution < 1.29 is 23.5 Å². The average Bonchev–Trinajstić information content (AvgIpc) is 3.24. The molecule has 0 atom stereocenters. The minimum absolute atomic E-state index is 0.0205. The Morgan fingerprint density at radius 1 is 1.19 bits per heavy atom. The first-order valence-corrected chi connectivity index (χ1v) is 12.7. The van der Waals surface area contributed by atoms with Crippen LogP contribution < -0.4 is 9.64 Å².